The zero-order valence-corrected chi connectivity index (χ0v) is 9.22. The van der Waals surface area contributed by atoms with Gasteiger partial charge in [-0.1, -0.05) is 34.6 Å². The van der Waals surface area contributed by atoms with Gasteiger partial charge >= 0.3 is 0 Å². The summed E-state index contributed by atoms with van der Waals surface area (Å²) in [6.45, 7) is 10.9. The molecular weight excluding hydrogens is 148 g/mol. The van der Waals surface area contributed by atoms with Crippen molar-refractivity contribution in [2.24, 2.45) is 11.3 Å². The van der Waals surface area contributed by atoms with Crippen molar-refractivity contribution in [2.45, 2.75) is 60.0 Å². The highest BCUT2D eigenvalue weighted by Crippen LogP contribution is 2.39. The van der Waals surface area contributed by atoms with Crippen LogP contribution in [0.4, 0.5) is 0 Å². The van der Waals surface area contributed by atoms with Gasteiger partial charge in [0.05, 0.1) is 6.10 Å². The highest BCUT2D eigenvalue weighted by molar-refractivity contribution is 4.86. The van der Waals surface area contributed by atoms with Crippen LogP contribution in [0.2, 0.25) is 0 Å². The van der Waals surface area contributed by atoms with Crippen molar-refractivity contribution in [2.75, 3.05) is 0 Å². The van der Waals surface area contributed by atoms with E-state index in [4.69, 9.17) is 0 Å². The fourth-order valence-corrected chi connectivity index (χ4v) is 2.33. The molecule has 0 fully saturated rings. The maximum atomic E-state index is 9.94. The number of hydrogen-bond acceptors (Lipinski definition) is 1. The Bertz CT molecular complexity index is 114. The molecule has 74 valence electrons. The first-order valence-corrected chi connectivity index (χ1v) is 5.23. The molecule has 0 aromatic heterocycles. The van der Waals surface area contributed by atoms with Crippen molar-refractivity contribution < 1.29 is 5.11 Å². The molecule has 0 aliphatic rings. The molecule has 0 rings (SSSR count). The molecule has 0 saturated carbocycles. The largest absolute Gasteiger partial charge is 0.393 e. The van der Waals surface area contributed by atoms with Crippen LogP contribution in [0, 0.1) is 11.3 Å². The zero-order chi connectivity index (χ0) is 9.78. The average Bonchev–Trinajstić information content (AvgIpc) is 2.06. The molecule has 0 bridgehead atoms. The monoisotopic (exact) mass is 172 g/mol. The van der Waals surface area contributed by atoms with E-state index in [2.05, 4.69) is 34.6 Å². The van der Waals surface area contributed by atoms with E-state index in [1.807, 2.05) is 0 Å². The highest BCUT2D eigenvalue weighted by Gasteiger charge is 2.36. The van der Waals surface area contributed by atoms with Crippen molar-refractivity contribution in [3.8, 4) is 0 Å². The Kier molecular flexibility index (Phi) is 4.84. The molecule has 0 amide bonds. The van der Waals surface area contributed by atoms with E-state index in [1.54, 1.807) is 0 Å². The summed E-state index contributed by atoms with van der Waals surface area (Å²) < 4.78 is 0. The maximum absolute atomic E-state index is 9.94. The van der Waals surface area contributed by atoms with Crippen molar-refractivity contribution in [3.63, 3.8) is 0 Å². The lowest BCUT2D eigenvalue weighted by molar-refractivity contribution is -0.0194. The van der Waals surface area contributed by atoms with Gasteiger partial charge in [0.1, 0.15) is 0 Å². The smallest absolute Gasteiger partial charge is 0.0596 e. The summed E-state index contributed by atoms with van der Waals surface area (Å²) >= 11 is 0. The van der Waals surface area contributed by atoms with Crippen LogP contribution in [-0.2, 0) is 0 Å². The first-order chi connectivity index (χ1) is 5.55. The molecule has 0 unspecified atom stereocenters. The summed E-state index contributed by atoms with van der Waals surface area (Å²) in [4.78, 5) is 0. The lowest BCUT2D eigenvalue weighted by Crippen LogP contribution is -2.38. The second-order valence-corrected chi connectivity index (χ2v) is 4.02. The minimum Gasteiger partial charge on any atom is -0.393 e. The topological polar surface area (TPSA) is 20.2 Å². The lowest BCUT2D eigenvalue weighted by Gasteiger charge is -2.40. The molecule has 1 atom stereocenters. The first kappa shape index (κ1) is 12.0. The Morgan fingerprint density at radius 3 is 1.58 bits per heavy atom. The molecule has 0 radical (unpaired) electrons. The summed E-state index contributed by atoms with van der Waals surface area (Å²) in [5, 5.41) is 9.94. The van der Waals surface area contributed by atoms with Crippen molar-refractivity contribution >= 4 is 0 Å². The number of aliphatic hydroxyl groups excluding tert-OH is 1. The summed E-state index contributed by atoms with van der Waals surface area (Å²) in [5.41, 5.74) is 0.148. The molecule has 0 heterocycles. The van der Waals surface area contributed by atoms with Gasteiger partial charge in [-0.05, 0) is 30.6 Å². The van der Waals surface area contributed by atoms with Gasteiger partial charge in [0.15, 0.2) is 0 Å². The standard InChI is InChI=1S/C11H24O/c1-6-10(12)11(7-2,8-3)9(4)5/h9-10,12H,6-8H2,1-5H3/t10-/m0/s1. The van der Waals surface area contributed by atoms with Gasteiger partial charge in [-0.15, -0.1) is 0 Å². The molecule has 0 aliphatic heterocycles. The molecule has 0 spiro atoms. The molecular formula is C11H24O. The Morgan fingerprint density at radius 1 is 1.08 bits per heavy atom. The predicted molar refractivity (Wildman–Crippen MR) is 54.2 cm³/mol. The fraction of sp³-hybridized carbons (Fsp3) is 1.00. The summed E-state index contributed by atoms with van der Waals surface area (Å²) in [6.07, 6.45) is 2.90. The first-order valence-electron chi connectivity index (χ1n) is 5.23. The van der Waals surface area contributed by atoms with Crippen LogP contribution < -0.4 is 0 Å². The minimum absolute atomic E-state index is 0.132. The van der Waals surface area contributed by atoms with Gasteiger partial charge in [-0.25, -0.2) is 0 Å². The van der Waals surface area contributed by atoms with Gasteiger partial charge in [0, 0.05) is 0 Å². The van der Waals surface area contributed by atoms with Crippen LogP contribution in [-0.4, -0.2) is 11.2 Å². The summed E-state index contributed by atoms with van der Waals surface area (Å²) in [6, 6.07) is 0. The second-order valence-electron chi connectivity index (χ2n) is 4.02. The third kappa shape index (κ3) is 2.01. The average molecular weight is 172 g/mol. The van der Waals surface area contributed by atoms with E-state index >= 15 is 0 Å². The van der Waals surface area contributed by atoms with E-state index in [-0.39, 0.29) is 11.5 Å². The predicted octanol–water partition coefficient (Wildman–Crippen LogP) is 3.22. The van der Waals surface area contributed by atoms with E-state index in [9.17, 15) is 5.11 Å². The van der Waals surface area contributed by atoms with Crippen LogP contribution in [0.25, 0.3) is 0 Å². The second kappa shape index (κ2) is 4.86. The fourth-order valence-electron chi connectivity index (χ4n) is 2.33. The SMILES string of the molecule is CC[C@H](O)C(CC)(CC)C(C)C. The van der Waals surface area contributed by atoms with E-state index in [1.165, 1.54) is 0 Å². The van der Waals surface area contributed by atoms with E-state index in [0.717, 1.165) is 19.3 Å². The zero-order valence-electron chi connectivity index (χ0n) is 9.22. The molecule has 1 N–H and O–H groups in total. The quantitative estimate of drug-likeness (QED) is 0.675. The molecule has 1 heteroatoms. The Labute approximate surface area is 77.2 Å². The van der Waals surface area contributed by atoms with Crippen LogP contribution in [0.3, 0.4) is 0 Å². The number of rotatable bonds is 5. The van der Waals surface area contributed by atoms with Crippen molar-refractivity contribution in [1.29, 1.82) is 0 Å². The van der Waals surface area contributed by atoms with Gasteiger partial charge in [-0.3, -0.25) is 0 Å². The molecule has 12 heavy (non-hydrogen) atoms. The van der Waals surface area contributed by atoms with Crippen molar-refractivity contribution in [3.05, 3.63) is 0 Å². The van der Waals surface area contributed by atoms with E-state index < -0.39 is 0 Å². The highest BCUT2D eigenvalue weighted by atomic mass is 16.3. The van der Waals surface area contributed by atoms with Crippen LogP contribution in [0.5, 0.6) is 0 Å². The molecule has 0 aromatic rings. The van der Waals surface area contributed by atoms with Gasteiger partial charge in [-0.2, -0.15) is 0 Å². The summed E-state index contributed by atoms with van der Waals surface area (Å²) in [7, 11) is 0. The van der Waals surface area contributed by atoms with Crippen LogP contribution >= 0.6 is 0 Å². The number of aliphatic hydroxyl groups is 1. The third-order valence-corrected chi connectivity index (χ3v) is 3.52. The lowest BCUT2D eigenvalue weighted by atomic mass is 9.68. The third-order valence-electron chi connectivity index (χ3n) is 3.52. The van der Waals surface area contributed by atoms with Gasteiger partial charge < -0.3 is 5.11 Å². The van der Waals surface area contributed by atoms with Crippen molar-refractivity contribution in [1.82, 2.24) is 0 Å². The van der Waals surface area contributed by atoms with Gasteiger partial charge in [0.2, 0.25) is 0 Å². The molecule has 0 aromatic carbocycles. The minimum atomic E-state index is -0.132. The molecule has 1 nitrogen and oxygen atoms in total. The normalized spacial score (nSPS) is 15.2. The summed E-state index contributed by atoms with van der Waals surface area (Å²) in [5.74, 6) is 0.572. The maximum Gasteiger partial charge on any atom is 0.0596 e. The molecule has 0 saturated heterocycles. The Hall–Kier alpha value is -0.0400. The molecule has 0 aliphatic carbocycles. The number of hydrogen-bond donors (Lipinski definition) is 1. The van der Waals surface area contributed by atoms with Crippen LogP contribution in [0.1, 0.15) is 53.9 Å². The van der Waals surface area contributed by atoms with Gasteiger partial charge in [0.25, 0.3) is 0 Å². The Balaban J connectivity index is 4.56. The van der Waals surface area contributed by atoms with E-state index in [0.29, 0.717) is 5.92 Å². The van der Waals surface area contributed by atoms with Crippen LogP contribution in [0.15, 0.2) is 0 Å². The Morgan fingerprint density at radius 2 is 1.50 bits per heavy atom.